The van der Waals surface area contributed by atoms with Gasteiger partial charge in [-0.15, -0.1) is 11.3 Å². The van der Waals surface area contributed by atoms with Crippen LogP contribution in [-0.4, -0.2) is 5.91 Å². The van der Waals surface area contributed by atoms with Gasteiger partial charge in [0.15, 0.2) is 0 Å². The van der Waals surface area contributed by atoms with E-state index in [1.54, 1.807) is 6.07 Å². The molecule has 1 amide bonds. The maximum absolute atomic E-state index is 12.0. The number of hydrogen-bond donors (Lipinski definition) is 2. The number of thiophene rings is 1. The Hall–Kier alpha value is -1.33. The lowest BCUT2D eigenvalue weighted by Gasteiger charge is -2.14. The van der Waals surface area contributed by atoms with Crippen LogP contribution in [0.15, 0.2) is 40.2 Å². The van der Waals surface area contributed by atoms with E-state index in [-0.39, 0.29) is 11.9 Å². The molecule has 1 heterocycles. The van der Waals surface area contributed by atoms with Crippen LogP contribution < -0.4 is 11.1 Å². The number of anilines is 1. The van der Waals surface area contributed by atoms with E-state index in [0.717, 1.165) is 9.35 Å². The van der Waals surface area contributed by atoms with Gasteiger partial charge in [0.25, 0.3) is 5.91 Å². The van der Waals surface area contributed by atoms with Crippen molar-refractivity contribution in [3.8, 4) is 0 Å². The van der Waals surface area contributed by atoms with Gasteiger partial charge in [-0.1, -0.05) is 12.1 Å². The van der Waals surface area contributed by atoms with Crippen molar-refractivity contribution in [1.29, 1.82) is 0 Å². The number of halogens is 1. The second-order valence-corrected chi connectivity index (χ2v) is 6.43. The first kappa shape index (κ1) is 13.1. The highest BCUT2D eigenvalue weighted by Gasteiger charge is 2.13. The maximum atomic E-state index is 12.0. The predicted molar refractivity (Wildman–Crippen MR) is 78.8 cm³/mol. The number of nitrogens with two attached hydrogens (primary N) is 1. The summed E-state index contributed by atoms with van der Waals surface area (Å²) in [6, 6.07) is 11.1. The Bertz CT molecular complexity index is 568. The van der Waals surface area contributed by atoms with E-state index in [2.05, 4.69) is 21.2 Å². The predicted octanol–water partition coefficient (Wildman–Crippen LogP) is 3.58. The number of hydrogen-bond acceptors (Lipinski definition) is 3. The Morgan fingerprint density at radius 1 is 1.39 bits per heavy atom. The first-order valence-corrected chi connectivity index (χ1v) is 7.09. The van der Waals surface area contributed by atoms with Crippen LogP contribution in [0.4, 0.5) is 5.69 Å². The zero-order valence-electron chi connectivity index (χ0n) is 9.81. The molecule has 1 atom stereocenters. The number of nitrogens with one attached hydrogen (secondary N) is 1. The fraction of sp³-hybridized carbons (Fsp3) is 0.154. The molecule has 5 heteroatoms. The second kappa shape index (κ2) is 5.54. The third-order valence-corrected chi connectivity index (χ3v) is 4.18. The summed E-state index contributed by atoms with van der Waals surface area (Å²) in [4.78, 5) is 12.7. The first-order valence-electron chi connectivity index (χ1n) is 5.48. The first-order chi connectivity index (χ1) is 8.56. The third-order valence-electron chi connectivity index (χ3n) is 2.56. The minimum atomic E-state index is -0.0689. The molecule has 0 bridgehead atoms. The monoisotopic (exact) mass is 324 g/mol. The molecule has 0 aliphatic carbocycles. The van der Waals surface area contributed by atoms with Crippen molar-refractivity contribution in [2.24, 2.45) is 0 Å². The topological polar surface area (TPSA) is 55.1 Å². The average Bonchev–Trinajstić information content (AvgIpc) is 2.76. The third kappa shape index (κ3) is 3.11. The largest absolute Gasteiger partial charge is 0.399 e. The van der Waals surface area contributed by atoms with Crippen molar-refractivity contribution >= 4 is 38.9 Å². The van der Waals surface area contributed by atoms with Gasteiger partial charge in [-0.05, 0) is 52.7 Å². The summed E-state index contributed by atoms with van der Waals surface area (Å²) in [5.41, 5.74) is 7.43. The standard InChI is InChI=1S/C13H13BrN2OS/c1-8(9-3-2-4-10(15)7-9)16-13(17)11-5-6-12(14)18-11/h2-8H,15H2,1H3,(H,16,17). The summed E-state index contributed by atoms with van der Waals surface area (Å²) in [6.07, 6.45) is 0. The summed E-state index contributed by atoms with van der Waals surface area (Å²) < 4.78 is 0.948. The zero-order valence-corrected chi connectivity index (χ0v) is 12.2. The second-order valence-electron chi connectivity index (χ2n) is 3.97. The molecule has 0 fully saturated rings. The van der Waals surface area contributed by atoms with Gasteiger partial charge in [0.05, 0.1) is 14.7 Å². The summed E-state index contributed by atoms with van der Waals surface area (Å²) in [7, 11) is 0. The van der Waals surface area contributed by atoms with Crippen molar-refractivity contribution in [2.45, 2.75) is 13.0 Å². The van der Waals surface area contributed by atoms with Gasteiger partial charge in [0.2, 0.25) is 0 Å². The molecule has 94 valence electrons. The number of amides is 1. The Kier molecular flexibility index (Phi) is 4.04. The van der Waals surface area contributed by atoms with Crippen LogP contribution in [0.2, 0.25) is 0 Å². The van der Waals surface area contributed by atoms with E-state index in [1.165, 1.54) is 11.3 Å². The molecule has 0 spiro atoms. The summed E-state index contributed by atoms with van der Waals surface area (Å²) in [5, 5.41) is 2.95. The van der Waals surface area contributed by atoms with Crippen LogP contribution in [0, 0.1) is 0 Å². The van der Waals surface area contributed by atoms with E-state index in [0.29, 0.717) is 10.6 Å². The number of nitrogen functional groups attached to an aromatic ring is 1. The number of benzene rings is 1. The molecule has 0 saturated heterocycles. The number of carbonyl (C=O) groups excluding carboxylic acids is 1. The van der Waals surface area contributed by atoms with Crippen LogP contribution in [-0.2, 0) is 0 Å². The molecule has 2 aromatic rings. The Morgan fingerprint density at radius 2 is 2.17 bits per heavy atom. The van der Waals surface area contributed by atoms with Gasteiger partial charge in [-0.2, -0.15) is 0 Å². The molecule has 18 heavy (non-hydrogen) atoms. The molecule has 0 aliphatic rings. The van der Waals surface area contributed by atoms with Crippen LogP contribution in [0.25, 0.3) is 0 Å². The summed E-state index contributed by atoms with van der Waals surface area (Å²) in [5.74, 6) is -0.0689. The van der Waals surface area contributed by atoms with Crippen molar-refractivity contribution < 1.29 is 4.79 Å². The van der Waals surface area contributed by atoms with E-state index >= 15 is 0 Å². The van der Waals surface area contributed by atoms with E-state index in [1.807, 2.05) is 37.3 Å². The lowest BCUT2D eigenvalue weighted by Crippen LogP contribution is -2.25. The van der Waals surface area contributed by atoms with Gasteiger partial charge < -0.3 is 11.1 Å². The number of rotatable bonds is 3. The maximum Gasteiger partial charge on any atom is 0.261 e. The van der Waals surface area contributed by atoms with Crippen molar-refractivity contribution in [3.63, 3.8) is 0 Å². The minimum absolute atomic E-state index is 0.0677. The molecule has 1 aromatic heterocycles. The van der Waals surface area contributed by atoms with E-state index < -0.39 is 0 Å². The Labute approximate surface area is 118 Å². The zero-order chi connectivity index (χ0) is 13.1. The molecule has 0 radical (unpaired) electrons. The van der Waals surface area contributed by atoms with Crippen molar-refractivity contribution in [3.05, 3.63) is 50.6 Å². The smallest absolute Gasteiger partial charge is 0.261 e. The fourth-order valence-corrected chi connectivity index (χ4v) is 2.90. The molecular weight excluding hydrogens is 312 g/mol. The van der Waals surface area contributed by atoms with Crippen molar-refractivity contribution in [1.82, 2.24) is 5.32 Å². The lowest BCUT2D eigenvalue weighted by molar-refractivity contribution is 0.0944. The summed E-state index contributed by atoms with van der Waals surface area (Å²) in [6.45, 7) is 1.94. The van der Waals surface area contributed by atoms with Crippen LogP contribution >= 0.6 is 27.3 Å². The minimum Gasteiger partial charge on any atom is -0.399 e. The van der Waals surface area contributed by atoms with Gasteiger partial charge in [-0.25, -0.2) is 0 Å². The van der Waals surface area contributed by atoms with Crippen LogP contribution in [0.3, 0.4) is 0 Å². The van der Waals surface area contributed by atoms with Crippen LogP contribution in [0.5, 0.6) is 0 Å². The van der Waals surface area contributed by atoms with E-state index in [4.69, 9.17) is 5.73 Å². The van der Waals surface area contributed by atoms with E-state index in [9.17, 15) is 4.79 Å². The highest BCUT2D eigenvalue weighted by atomic mass is 79.9. The normalized spacial score (nSPS) is 12.1. The molecule has 1 unspecified atom stereocenters. The van der Waals surface area contributed by atoms with Gasteiger partial charge in [0, 0.05) is 5.69 Å². The average molecular weight is 325 g/mol. The Balaban J connectivity index is 2.07. The quantitative estimate of drug-likeness (QED) is 0.848. The van der Waals surface area contributed by atoms with Gasteiger partial charge in [0.1, 0.15) is 0 Å². The Morgan fingerprint density at radius 3 is 2.78 bits per heavy atom. The SMILES string of the molecule is CC(NC(=O)c1ccc(Br)s1)c1cccc(N)c1. The van der Waals surface area contributed by atoms with Gasteiger partial charge in [-0.3, -0.25) is 4.79 Å². The molecular formula is C13H13BrN2OS. The molecule has 0 aliphatic heterocycles. The summed E-state index contributed by atoms with van der Waals surface area (Å²) >= 11 is 4.76. The fourth-order valence-electron chi connectivity index (χ4n) is 1.62. The lowest BCUT2D eigenvalue weighted by atomic mass is 10.1. The van der Waals surface area contributed by atoms with Gasteiger partial charge >= 0.3 is 0 Å². The highest BCUT2D eigenvalue weighted by molar-refractivity contribution is 9.11. The molecule has 3 N–H and O–H groups in total. The molecule has 3 nitrogen and oxygen atoms in total. The van der Waals surface area contributed by atoms with Crippen LogP contribution in [0.1, 0.15) is 28.2 Å². The van der Waals surface area contributed by atoms with Crippen molar-refractivity contribution in [2.75, 3.05) is 5.73 Å². The molecule has 0 saturated carbocycles. The molecule has 2 rings (SSSR count). The highest BCUT2D eigenvalue weighted by Crippen LogP contribution is 2.23. The molecule has 1 aromatic carbocycles. The number of carbonyl (C=O) groups is 1.